The molecular formula is C60H40N2S. The third-order valence-corrected chi connectivity index (χ3v) is 13.6. The molecule has 296 valence electrons. The van der Waals surface area contributed by atoms with Crippen LogP contribution in [0.5, 0.6) is 0 Å². The second kappa shape index (κ2) is 15.5. The van der Waals surface area contributed by atoms with Crippen LogP contribution >= 0.6 is 11.3 Å². The van der Waals surface area contributed by atoms with Gasteiger partial charge in [0.25, 0.3) is 0 Å². The minimum Gasteiger partial charge on any atom is -0.310 e. The van der Waals surface area contributed by atoms with Gasteiger partial charge in [0.15, 0.2) is 0 Å². The number of fused-ring (bicyclic) bond motifs is 6. The van der Waals surface area contributed by atoms with Gasteiger partial charge in [-0.05, 0) is 106 Å². The average Bonchev–Trinajstić information content (AvgIpc) is 3.91. The van der Waals surface area contributed by atoms with E-state index in [2.05, 4.69) is 252 Å². The van der Waals surface area contributed by atoms with Crippen molar-refractivity contribution in [2.45, 2.75) is 0 Å². The van der Waals surface area contributed by atoms with Gasteiger partial charge in [0, 0.05) is 53.6 Å². The molecule has 63 heavy (non-hydrogen) atoms. The lowest BCUT2D eigenvalue weighted by atomic mass is 9.97. The molecule has 12 rings (SSSR count). The fourth-order valence-corrected chi connectivity index (χ4v) is 10.7. The maximum Gasteiger partial charge on any atom is 0.0541 e. The summed E-state index contributed by atoms with van der Waals surface area (Å²) in [6.45, 7) is 0. The molecule has 0 saturated heterocycles. The minimum atomic E-state index is 1.08. The molecule has 0 N–H and O–H groups in total. The van der Waals surface area contributed by atoms with Gasteiger partial charge in [0.1, 0.15) is 0 Å². The first-order valence-corrected chi connectivity index (χ1v) is 22.3. The molecule has 0 aliphatic heterocycles. The maximum atomic E-state index is 2.42. The summed E-state index contributed by atoms with van der Waals surface area (Å²) in [7, 11) is 0. The summed E-state index contributed by atoms with van der Waals surface area (Å²) in [6.07, 6.45) is 0. The van der Waals surface area contributed by atoms with E-state index in [4.69, 9.17) is 0 Å². The van der Waals surface area contributed by atoms with Crippen LogP contribution in [0.15, 0.2) is 243 Å². The molecule has 0 fully saturated rings. The van der Waals surface area contributed by atoms with Crippen molar-refractivity contribution < 1.29 is 0 Å². The fourth-order valence-electron chi connectivity index (χ4n) is 9.43. The van der Waals surface area contributed by atoms with Crippen LogP contribution in [0.25, 0.3) is 92.2 Å². The van der Waals surface area contributed by atoms with Crippen molar-refractivity contribution in [2.24, 2.45) is 0 Å². The van der Waals surface area contributed by atoms with E-state index in [9.17, 15) is 0 Å². The first-order chi connectivity index (χ1) is 31.2. The lowest BCUT2D eigenvalue weighted by Crippen LogP contribution is -2.10. The van der Waals surface area contributed by atoms with Crippen molar-refractivity contribution in [1.82, 2.24) is 4.57 Å². The van der Waals surface area contributed by atoms with Gasteiger partial charge in [-0.3, -0.25) is 0 Å². The highest BCUT2D eigenvalue weighted by Gasteiger charge is 2.19. The summed E-state index contributed by atoms with van der Waals surface area (Å²) in [5, 5.41) is 5.14. The Bertz CT molecular complexity index is 3490. The third kappa shape index (κ3) is 6.50. The molecule has 0 bridgehead atoms. The number of aromatic nitrogens is 1. The van der Waals surface area contributed by atoms with E-state index >= 15 is 0 Å². The first-order valence-electron chi connectivity index (χ1n) is 21.5. The Morgan fingerprint density at radius 1 is 0.302 bits per heavy atom. The van der Waals surface area contributed by atoms with Crippen LogP contribution in [-0.2, 0) is 0 Å². The zero-order valence-electron chi connectivity index (χ0n) is 34.4. The predicted molar refractivity (Wildman–Crippen MR) is 270 cm³/mol. The van der Waals surface area contributed by atoms with E-state index in [-0.39, 0.29) is 0 Å². The molecule has 2 heterocycles. The highest BCUT2D eigenvalue weighted by Crippen LogP contribution is 2.44. The Kier molecular flexibility index (Phi) is 9.06. The van der Waals surface area contributed by atoms with Crippen molar-refractivity contribution in [3.8, 4) is 50.2 Å². The van der Waals surface area contributed by atoms with Gasteiger partial charge in [0.05, 0.1) is 16.7 Å². The molecule has 2 nitrogen and oxygen atoms in total. The van der Waals surface area contributed by atoms with E-state index in [0.29, 0.717) is 0 Å². The first kappa shape index (κ1) is 36.8. The predicted octanol–water partition coefficient (Wildman–Crippen LogP) is 17.3. The molecule has 3 heteroatoms. The number of hydrogen-bond donors (Lipinski definition) is 0. The van der Waals surface area contributed by atoms with E-state index in [0.717, 1.165) is 28.3 Å². The van der Waals surface area contributed by atoms with Crippen LogP contribution in [0.2, 0.25) is 0 Å². The normalized spacial score (nSPS) is 11.5. The van der Waals surface area contributed by atoms with E-state index < -0.39 is 0 Å². The van der Waals surface area contributed by atoms with Crippen LogP contribution in [-0.4, -0.2) is 4.57 Å². The van der Waals surface area contributed by atoms with E-state index in [1.165, 1.54) is 80.9 Å². The smallest absolute Gasteiger partial charge is 0.0541 e. The van der Waals surface area contributed by atoms with Crippen LogP contribution in [0.4, 0.5) is 17.1 Å². The molecule has 0 unspecified atom stereocenters. The van der Waals surface area contributed by atoms with Crippen LogP contribution in [0.1, 0.15) is 0 Å². The summed E-state index contributed by atoms with van der Waals surface area (Å²) in [5.41, 5.74) is 16.3. The van der Waals surface area contributed by atoms with Gasteiger partial charge >= 0.3 is 0 Å². The molecule has 0 amide bonds. The van der Waals surface area contributed by atoms with Gasteiger partial charge in [0.2, 0.25) is 0 Å². The summed E-state index contributed by atoms with van der Waals surface area (Å²) in [6, 6.07) is 88.4. The molecule has 0 spiro atoms. The molecule has 12 aromatic rings. The monoisotopic (exact) mass is 820 g/mol. The SMILES string of the molecule is c1ccc(-c2cc(-c3ccccc3)cc(N(c3ccc(-c4ccccc4-n4c5ccccc5c5ccccc54)cc3)c3ccc(-c4cccc5c4sc4ccccc45)cc3)c2)cc1. The van der Waals surface area contributed by atoms with Gasteiger partial charge in [-0.25, -0.2) is 0 Å². The summed E-state index contributed by atoms with van der Waals surface area (Å²) in [4.78, 5) is 2.41. The van der Waals surface area contributed by atoms with Crippen molar-refractivity contribution in [1.29, 1.82) is 0 Å². The van der Waals surface area contributed by atoms with Gasteiger partial charge in [-0.1, -0.05) is 176 Å². The topological polar surface area (TPSA) is 8.17 Å². The molecule has 0 saturated carbocycles. The second-order valence-corrected chi connectivity index (χ2v) is 17.1. The third-order valence-electron chi connectivity index (χ3n) is 12.4. The summed E-state index contributed by atoms with van der Waals surface area (Å²) >= 11 is 1.87. The molecule has 0 radical (unpaired) electrons. The summed E-state index contributed by atoms with van der Waals surface area (Å²) in [5.74, 6) is 0. The molecule has 2 aromatic heterocycles. The highest BCUT2D eigenvalue weighted by atomic mass is 32.1. The maximum absolute atomic E-state index is 2.42. The number of rotatable bonds is 8. The lowest BCUT2D eigenvalue weighted by molar-refractivity contribution is 1.18. The Morgan fingerprint density at radius 3 is 1.40 bits per heavy atom. The number of thiophene rings is 1. The molecular weight excluding hydrogens is 781 g/mol. The fraction of sp³-hybridized carbons (Fsp3) is 0. The molecule has 0 aliphatic rings. The average molecular weight is 821 g/mol. The van der Waals surface area contributed by atoms with Crippen LogP contribution < -0.4 is 4.90 Å². The number of anilines is 3. The molecule has 10 aromatic carbocycles. The second-order valence-electron chi connectivity index (χ2n) is 16.1. The number of hydrogen-bond acceptors (Lipinski definition) is 2. The Hall–Kier alpha value is -7.98. The summed E-state index contributed by atoms with van der Waals surface area (Å²) < 4.78 is 5.06. The Balaban J connectivity index is 1.01. The van der Waals surface area contributed by atoms with Crippen molar-refractivity contribution in [3.05, 3.63) is 243 Å². The van der Waals surface area contributed by atoms with Crippen molar-refractivity contribution in [3.63, 3.8) is 0 Å². The van der Waals surface area contributed by atoms with E-state index in [1.807, 2.05) is 11.3 Å². The molecule has 0 aliphatic carbocycles. The van der Waals surface area contributed by atoms with Gasteiger partial charge in [-0.2, -0.15) is 0 Å². The van der Waals surface area contributed by atoms with Crippen LogP contribution in [0, 0.1) is 0 Å². The van der Waals surface area contributed by atoms with Gasteiger partial charge < -0.3 is 9.47 Å². The quantitative estimate of drug-likeness (QED) is 0.148. The number of benzene rings is 10. The standard InChI is InChI=1S/C60H40N2S/c1-3-16-41(17-4-1)45-38-46(42-18-5-2-6-19-42)40-49(39-45)61(48-36-32-44(33-37-48)51-24-15-25-55-54-23-10-14-29-59(54)63-60(51)55)47-34-30-43(31-35-47)50-20-7-11-26-56(50)62-57-27-12-8-21-52(57)53-22-9-13-28-58(53)62/h1-40H. The van der Waals surface area contributed by atoms with Gasteiger partial charge in [-0.15, -0.1) is 11.3 Å². The zero-order chi connectivity index (χ0) is 41.7. The van der Waals surface area contributed by atoms with Crippen molar-refractivity contribution >= 4 is 70.4 Å². The number of para-hydroxylation sites is 3. The zero-order valence-corrected chi connectivity index (χ0v) is 35.2. The highest BCUT2D eigenvalue weighted by molar-refractivity contribution is 7.26. The molecule has 0 atom stereocenters. The minimum absolute atomic E-state index is 1.08. The largest absolute Gasteiger partial charge is 0.310 e. The van der Waals surface area contributed by atoms with E-state index in [1.54, 1.807) is 0 Å². The lowest BCUT2D eigenvalue weighted by Gasteiger charge is -2.27. The number of nitrogens with zero attached hydrogens (tertiary/aromatic N) is 2. The van der Waals surface area contributed by atoms with Crippen molar-refractivity contribution in [2.75, 3.05) is 4.90 Å². The Labute approximate surface area is 370 Å². The van der Waals surface area contributed by atoms with Crippen LogP contribution in [0.3, 0.4) is 0 Å². The Morgan fingerprint density at radius 2 is 0.778 bits per heavy atom.